The Kier molecular flexibility index (Phi) is 5.33. The van der Waals surface area contributed by atoms with Crippen LogP contribution in [0.25, 0.3) is 11.0 Å². The summed E-state index contributed by atoms with van der Waals surface area (Å²) < 4.78 is 2.04. The van der Waals surface area contributed by atoms with Crippen molar-refractivity contribution in [3.8, 4) is 0 Å². The van der Waals surface area contributed by atoms with Crippen LogP contribution in [-0.4, -0.2) is 32.3 Å². The molecule has 21 heavy (non-hydrogen) atoms. The van der Waals surface area contributed by atoms with Gasteiger partial charge < -0.3 is 14.8 Å². The molecule has 0 unspecified atom stereocenters. The van der Waals surface area contributed by atoms with Crippen molar-refractivity contribution in [3.63, 3.8) is 0 Å². The van der Waals surface area contributed by atoms with Crippen molar-refractivity contribution in [1.82, 2.24) is 9.55 Å². The fourth-order valence-electron chi connectivity index (χ4n) is 2.65. The summed E-state index contributed by atoms with van der Waals surface area (Å²) in [7, 11) is 0. The number of para-hydroxylation sites is 1. The Morgan fingerprint density at radius 3 is 2.67 bits per heavy atom. The van der Waals surface area contributed by atoms with Crippen LogP contribution in [0.5, 0.6) is 0 Å². The van der Waals surface area contributed by atoms with E-state index in [0.29, 0.717) is 5.56 Å². The van der Waals surface area contributed by atoms with Gasteiger partial charge in [0.1, 0.15) is 5.82 Å². The quantitative estimate of drug-likeness (QED) is 0.733. The highest BCUT2D eigenvalue weighted by molar-refractivity contribution is 6.01. The van der Waals surface area contributed by atoms with Gasteiger partial charge in [-0.05, 0) is 25.0 Å². The molecule has 0 fully saturated rings. The number of carboxylic acid groups (broad SMARTS) is 1. The molecule has 1 heterocycles. The number of aliphatic hydroxyl groups is 1. The van der Waals surface area contributed by atoms with Crippen molar-refractivity contribution in [2.45, 2.75) is 45.6 Å². The second kappa shape index (κ2) is 7.22. The minimum absolute atomic E-state index is 0.234. The molecule has 1 aromatic carbocycles. The molecule has 0 aliphatic carbocycles. The predicted octanol–water partition coefficient (Wildman–Crippen LogP) is 2.85. The zero-order valence-corrected chi connectivity index (χ0v) is 12.4. The number of rotatable bonds is 8. The van der Waals surface area contributed by atoms with E-state index in [9.17, 15) is 9.90 Å². The number of benzene rings is 1. The van der Waals surface area contributed by atoms with Gasteiger partial charge in [0, 0.05) is 19.6 Å². The number of carboxylic acids is 1. The average Bonchev–Trinajstić information content (AvgIpc) is 2.84. The van der Waals surface area contributed by atoms with Crippen LogP contribution in [0.2, 0.25) is 0 Å². The molecule has 2 rings (SSSR count). The molecule has 0 aliphatic heterocycles. The lowest BCUT2D eigenvalue weighted by atomic mass is 10.1. The van der Waals surface area contributed by atoms with Gasteiger partial charge in [0.15, 0.2) is 0 Å². The van der Waals surface area contributed by atoms with Gasteiger partial charge in [-0.1, -0.05) is 25.8 Å². The number of hydrogen-bond donors (Lipinski definition) is 2. The van der Waals surface area contributed by atoms with Crippen molar-refractivity contribution in [2.75, 3.05) is 6.61 Å². The first-order valence-corrected chi connectivity index (χ1v) is 7.51. The Morgan fingerprint density at radius 1 is 1.24 bits per heavy atom. The first-order chi connectivity index (χ1) is 10.2. The van der Waals surface area contributed by atoms with Gasteiger partial charge in [-0.2, -0.15) is 0 Å². The summed E-state index contributed by atoms with van der Waals surface area (Å²) in [4.78, 5) is 16.0. The molecule has 0 saturated heterocycles. The molecule has 0 amide bonds. The van der Waals surface area contributed by atoms with Crippen LogP contribution in [0.3, 0.4) is 0 Å². The van der Waals surface area contributed by atoms with Gasteiger partial charge in [0.2, 0.25) is 0 Å². The molecule has 1 aromatic heterocycles. The van der Waals surface area contributed by atoms with Crippen LogP contribution in [-0.2, 0) is 13.0 Å². The minimum atomic E-state index is -0.912. The zero-order chi connectivity index (χ0) is 15.2. The van der Waals surface area contributed by atoms with E-state index in [1.54, 1.807) is 12.1 Å². The van der Waals surface area contributed by atoms with Gasteiger partial charge >= 0.3 is 5.97 Å². The van der Waals surface area contributed by atoms with Crippen LogP contribution >= 0.6 is 0 Å². The number of aromatic carboxylic acids is 1. The van der Waals surface area contributed by atoms with E-state index in [1.165, 1.54) is 0 Å². The Balaban J connectivity index is 2.29. The monoisotopic (exact) mass is 290 g/mol. The average molecular weight is 290 g/mol. The standard InChI is InChI=1S/C16H22N2O3/c1-2-14-17-13-9-7-8-12(16(20)21)15(13)18(14)10-5-3-4-6-11-19/h7-9,19H,2-6,10-11H2,1H3,(H,20,21). The van der Waals surface area contributed by atoms with E-state index in [2.05, 4.69) is 4.98 Å². The number of aliphatic hydroxyl groups excluding tert-OH is 1. The molecule has 0 aliphatic rings. The number of hydrogen-bond acceptors (Lipinski definition) is 3. The third-order valence-electron chi connectivity index (χ3n) is 3.68. The number of aryl methyl sites for hydroxylation is 2. The van der Waals surface area contributed by atoms with Crippen molar-refractivity contribution < 1.29 is 15.0 Å². The molecular formula is C16H22N2O3. The summed E-state index contributed by atoms with van der Waals surface area (Å²) >= 11 is 0. The number of imidazole rings is 1. The van der Waals surface area contributed by atoms with Gasteiger partial charge in [0.05, 0.1) is 16.6 Å². The van der Waals surface area contributed by atoms with Crippen molar-refractivity contribution in [2.24, 2.45) is 0 Å². The van der Waals surface area contributed by atoms with E-state index >= 15 is 0 Å². The predicted molar refractivity (Wildman–Crippen MR) is 81.6 cm³/mol. The van der Waals surface area contributed by atoms with Crippen LogP contribution in [0.4, 0.5) is 0 Å². The first kappa shape index (κ1) is 15.5. The van der Waals surface area contributed by atoms with E-state index < -0.39 is 5.97 Å². The number of carbonyl (C=O) groups is 1. The highest BCUT2D eigenvalue weighted by Gasteiger charge is 2.16. The van der Waals surface area contributed by atoms with Gasteiger partial charge in [-0.3, -0.25) is 0 Å². The maximum Gasteiger partial charge on any atom is 0.337 e. The van der Waals surface area contributed by atoms with Gasteiger partial charge in [-0.25, -0.2) is 9.78 Å². The summed E-state index contributed by atoms with van der Waals surface area (Å²) in [6.45, 7) is 3.04. The van der Waals surface area contributed by atoms with E-state index in [4.69, 9.17) is 5.11 Å². The molecule has 5 heteroatoms. The van der Waals surface area contributed by atoms with Crippen molar-refractivity contribution >= 4 is 17.0 Å². The van der Waals surface area contributed by atoms with Gasteiger partial charge in [-0.15, -0.1) is 0 Å². The number of nitrogens with zero attached hydrogens (tertiary/aromatic N) is 2. The maximum atomic E-state index is 11.4. The third-order valence-corrected chi connectivity index (χ3v) is 3.68. The first-order valence-electron chi connectivity index (χ1n) is 7.51. The normalized spacial score (nSPS) is 11.1. The molecule has 0 spiro atoms. The molecule has 0 radical (unpaired) electrons. The second-order valence-electron chi connectivity index (χ2n) is 5.15. The molecule has 0 saturated carbocycles. The fourth-order valence-corrected chi connectivity index (χ4v) is 2.65. The maximum absolute atomic E-state index is 11.4. The second-order valence-corrected chi connectivity index (χ2v) is 5.15. The Morgan fingerprint density at radius 2 is 2.00 bits per heavy atom. The molecule has 0 bridgehead atoms. The highest BCUT2D eigenvalue weighted by atomic mass is 16.4. The number of aromatic nitrogens is 2. The van der Waals surface area contributed by atoms with Gasteiger partial charge in [0.25, 0.3) is 0 Å². The summed E-state index contributed by atoms with van der Waals surface area (Å²) in [5.41, 5.74) is 1.79. The van der Waals surface area contributed by atoms with E-state index in [0.717, 1.165) is 55.5 Å². The summed E-state index contributed by atoms with van der Waals surface area (Å²) in [5.74, 6) is 0.0190. The number of unbranched alkanes of at least 4 members (excludes halogenated alkanes) is 3. The van der Waals surface area contributed by atoms with Crippen LogP contribution < -0.4 is 0 Å². The molecular weight excluding hydrogens is 268 g/mol. The summed E-state index contributed by atoms with van der Waals surface area (Å²) in [5, 5.41) is 18.2. The molecule has 5 nitrogen and oxygen atoms in total. The Bertz CT molecular complexity index is 619. The summed E-state index contributed by atoms with van der Waals surface area (Å²) in [6, 6.07) is 5.24. The molecule has 0 atom stereocenters. The van der Waals surface area contributed by atoms with Crippen LogP contribution in [0.1, 0.15) is 48.8 Å². The third kappa shape index (κ3) is 3.42. The Labute approximate surface area is 124 Å². The molecule has 2 N–H and O–H groups in total. The lowest BCUT2D eigenvalue weighted by Gasteiger charge is -2.09. The minimum Gasteiger partial charge on any atom is -0.478 e. The van der Waals surface area contributed by atoms with Crippen molar-refractivity contribution in [1.29, 1.82) is 0 Å². The van der Waals surface area contributed by atoms with E-state index in [1.807, 2.05) is 17.6 Å². The van der Waals surface area contributed by atoms with Crippen molar-refractivity contribution in [3.05, 3.63) is 29.6 Å². The lowest BCUT2D eigenvalue weighted by Crippen LogP contribution is -2.07. The Hall–Kier alpha value is -1.88. The SMILES string of the molecule is CCc1nc2cccc(C(=O)O)c2n1CCCCCCO. The highest BCUT2D eigenvalue weighted by Crippen LogP contribution is 2.22. The topological polar surface area (TPSA) is 75.3 Å². The van der Waals surface area contributed by atoms with Crippen LogP contribution in [0.15, 0.2) is 18.2 Å². The number of fused-ring (bicyclic) bond motifs is 1. The lowest BCUT2D eigenvalue weighted by molar-refractivity contribution is 0.0698. The molecule has 114 valence electrons. The molecule has 2 aromatic rings. The van der Waals surface area contributed by atoms with E-state index in [-0.39, 0.29) is 6.61 Å². The van der Waals surface area contributed by atoms with Crippen LogP contribution in [0, 0.1) is 0 Å². The smallest absolute Gasteiger partial charge is 0.337 e. The zero-order valence-electron chi connectivity index (χ0n) is 12.4. The fraction of sp³-hybridized carbons (Fsp3) is 0.500. The summed E-state index contributed by atoms with van der Waals surface area (Å²) in [6.07, 6.45) is 4.59. The largest absolute Gasteiger partial charge is 0.478 e.